The molecule has 216 valence electrons. The van der Waals surface area contributed by atoms with Crippen LogP contribution in [0.15, 0.2) is 157 Å². The van der Waals surface area contributed by atoms with Crippen molar-refractivity contribution in [3.63, 3.8) is 0 Å². The minimum absolute atomic E-state index is 0.0713. The Balaban J connectivity index is 1.75. The third-order valence-corrected chi connectivity index (χ3v) is 12.2. The molecule has 5 aromatic carbocycles. The largest absolute Gasteiger partial charge is 0.449 e. The molecule has 0 saturated heterocycles. The van der Waals surface area contributed by atoms with Crippen LogP contribution in [0.2, 0.25) is 0 Å². The molecule has 5 aromatic rings. The fourth-order valence-electron chi connectivity index (χ4n) is 5.90. The molecule has 0 bridgehead atoms. The summed E-state index contributed by atoms with van der Waals surface area (Å²) in [6, 6.07) is 45.3. The van der Waals surface area contributed by atoms with Crippen molar-refractivity contribution >= 4 is 51.2 Å². The average Bonchev–Trinajstić information content (AvgIpc) is 3.35. The fourth-order valence-corrected chi connectivity index (χ4v) is 10.5. The van der Waals surface area contributed by atoms with Crippen molar-refractivity contribution in [2.75, 3.05) is 0 Å². The van der Waals surface area contributed by atoms with E-state index in [-0.39, 0.29) is 22.2 Å². The Bertz CT molecular complexity index is 1830. The maximum absolute atomic E-state index is 14.7. The highest BCUT2D eigenvalue weighted by molar-refractivity contribution is 7.96. The Labute approximate surface area is 256 Å². The van der Waals surface area contributed by atoms with Gasteiger partial charge in [0.25, 0.3) is 0 Å². The van der Waals surface area contributed by atoms with E-state index in [0.29, 0.717) is 5.56 Å². The summed E-state index contributed by atoms with van der Waals surface area (Å²) in [6.45, 7) is -1.94. The standard InChI is InChI=1S/C38H29O5P/c1-27(39)37(44(30-21-11-4-12-22-30,31-23-13-5-14-24-31)32-25-15-6-16-26-32)38(42)36(41)33(34(40)28-17-7-2-8-18-28)35(43-38)29-19-9-3-10-20-29/h2-26,42H,1H3. The van der Waals surface area contributed by atoms with Crippen LogP contribution in [0.4, 0.5) is 0 Å². The zero-order valence-corrected chi connectivity index (χ0v) is 24.9. The molecule has 1 atom stereocenters. The van der Waals surface area contributed by atoms with Crippen LogP contribution in [0.1, 0.15) is 22.8 Å². The Morgan fingerprint density at radius 2 is 1.00 bits per heavy atom. The van der Waals surface area contributed by atoms with Gasteiger partial charge in [0.1, 0.15) is 11.3 Å². The molecule has 1 aliphatic rings. The van der Waals surface area contributed by atoms with E-state index >= 15 is 0 Å². The minimum atomic E-state index is -3.28. The summed E-state index contributed by atoms with van der Waals surface area (Å²) in [5, 5.41) is 14.8. The summed E-state index contributed by atoms with van der Waals surface area (Å²) in [7, 11) is 0. The van der Waals surface area contributed by atoms with Crippen molar-refractivity contribution in [3.05, 3.63) is 168 Å². The lowest BCUT2D eigenvalue weighted by atomic mass is 9.93. The van der Waals surface area contributed by atoms with Crippen LogP contribution >= 0.6 is 6.89 Å². The molecule has 0 amide bonds. The van der Waals surface area contributed by atoms with Crippen molar-refractivity contribution < 1.29 is 24.2 Å². The summed E-state index contributed by atoms with van der Waals surface area (Å²) in [5.74, 6) is -4.94. The van der Waals surface area contributed by atoms with E-state index in [4.69, 9.17) is 4.74 Å². The molecular weight excluding hydrogens is 567 g/mol. The zero-order chi connectivity index (χ0) is 30.7. The van der Waals surface area contributed by atoms with E-state index in [1.54, 1.807) is 60.7 Å². The number of rotatable bonds is 8. The highest BCUT2D eigenvalue weighted by Crippen LogP contribution is 2.51. The normalized spacial score (nSPS) is 16.4. The number of aliphatic hydroxyl groups is 1. The first-order valence-corrected chi connectivity index (χ1v) is 16.0. The number of carbonyl (C=O) groups is 3. The zero-order valence-electron chi connectivity index (χ0n) is 24.0. The van der Waals surface area contributed by atoms with E-state index < -0.39 is 30.0 Å². The molecule has 0 aliphatic carbocycles. The van der Waals surface area contributed by atoms with Crippen LogP contribution in [0.3, 0.4) is 0 Å². The topological polar surface area (TPSA) is 80.7 Å². The van der Waals surface area contributed by atoms with Crippen molar-refractivity contribution in [3.8, 4) is 0 Å². The number of hydrogen-bond donors (Lipinski definition) is 1. The number of carbonyl (C=O) groups excluding carboxylic acids is 3. The van der Waals surface area contributed by atoms with E-state index in [2.05, 4.69) is 0 Å². The van der Waals surface area contributed by atoms with Crippen LogP contribution < -0.4 is 15.9 Å². The first-order chi connectivity index (χ1) is 21.4. The van der Waals surface area contributed by atoms with Crippen LogP contribution in [-0.4, -0.2) is 33.5 Å². The molecule has 0 aromatic heterocycles. The molecule has 6 rings (SSSR count). The molecule has 0 radical (unpaired) electrons. The third kappa shape index (κ3) is 4.77. The minimum Gasteiger partial charge on any atom is -0.449 e. The monoisotopic (exact) mass is 596 g/mol. The van der Waals surface area contributed by atoms with Crippen molar-refractivity contribution in [1.29, 1.82) is 0 Å². The van der Waals surface area contributed by atoms with Gasteiger partial charge in [-0.3, -0.25) is 14.4 Å². The van der Waals surface area contributed by atoms with Gasteiger partial charge in [0.15, 0.2) is 5.78 Å². The lowest BCUT2D eigenvalue weighted by Gasteiger charge is -2.36. The Morgan fingerprint density at radius 3 is 1.41 bits per heavy atom. The molecule has 1 N–H and O–H groups in total. The number of benzene rings is 5. The van der Waals surface area contributed by atoms with Crippen molar-refractivity contribution in [1.82, 2.24) is 0 Å². The summed E-state index contributed by atoms with van der Waals surface area (Å²) in [6.07, 6.45) is 0. The number of ketones is 3. The molecule has 5 nitrogen and oxygen atoms in total. The lowest BCUT2D eigenvalue weighted by molar-refractivity contribution is -0.149. The Hall–Kier alpha value is -5.09. The van der Waals surface area contributed by atoms with Gasteiger partial charge < -0.3 is 9.84 Å². The van der Waals surface area contributed by atoms with Crippen LogP contribution in [0, 0.1) is 0 Å². The molecule has 1 heterocycles. The fraction of sp³-hybridized carbons (Fsp3) is 0.0526. The number of ether oxygens (including phenoxy) is 1. The second-order valence-corrected chi connectivity index (χ2v) is 13.8. The SMILES string of the molecule is CC(=O)C(C1(O)OC(c2ccccc2)=C(C(=O)c2ccccc2)C1=O)=P(c1ccccc1)(c1ccccc1)c1ccccc1. The van der Waals surface area contributed by atoms with E-state index in [0.717, 1.165) is 15.9 Å². The average molecular weight is 597 g/mol. The summed E-state index contributed by atoms with van der Waals surface area (Å²) < 4.78 is 6.33. The van der Waals surface area contributed by atoms with E-state index in [1.807, 2.05) is 91.0 Å². The van der Waals surface area contributed by atoms with Gasteiger partial charge >= 0.3 is 5.79 Å². The molecule has 0 spiro atoms. The maximum atomic E-state index is 14.7. The Kier molecular flexibility index (Phi) is 7.84. The van der Waals surface area contributed by atoms with Crippen molar-refractivity contribution in [2.45, 2.75) is 12.7 Å². The van der Waals surface area contributed by atoms with E-state index in [1.165, 1.54) is 6.92 Å². The quantitative estimate of drug-likeness (QED) is 0.149. The molecule has 6 heteroatoms. The first kappa shape index (κ1) is 29.0. The predicted octanol–water partition coefficient (Wildman–Crippen LogP) is 5.32. The van der Waals surface area contributed by atoms with Gasteiger partial charge in [-0.15, -0.1) is 0 Å². The summed E-state index contributed by atoms with van der Waals surface area (Å²) in [5.41, 5.74) is 0.384. The van der Waals surface area contributed by atoms with Crippen LogP contribution in [0.5, 0.6) is 0 Å². The number of Topliss-reactive ketones (excluding diaryl/α,β-unsaturated/α-hetero) is 3. The highest BCUT2D eigenvalue weighted by Gasteiger charge is 2.58. The molecular formula is C38H29O5P. The number of hydrogen-bond acceptors (Lipinski definition) is 5. The van der Waals surface area contributed by atoms with Gasteiger partial charge in [-0.2, -0.15) is 0 Å². The molecule has 0 saturated carbocycles. The van der Waals surface area contributed by atoms with Gasteiger partial charge in [0.2, 0.25) is 11.6 Å². The second-order valence-electron chi connectivity index (χ2n) is 10.4. The van der Waals surface area contributed by atoms with Gasteiger partial charge in [0.05, 0.1) is 5.29 Å². The molecule has 0 fully saturated rings. The summed E-state index contributed by atoms with van der Waals surface area (Å²) in [4.78, 5) is 42.9. The smallest absolute Gasteiger partial charge is 0.304 e. The van der Waals surface area contributed by atoms with Crippen LogP contribution in [0.25, 0.3) is 5.76 Å². The van der Waals surface area contributed by atoms with Gasteiger partial charge in [-0.25, -0.2) is 0 Å². The predicted molar refractivity (Wildman–Crippen MR) is 176 cm³/mol. The van der Waals surface area contributed by atoms with E-state index in [9.17, 15) is 19.5 Å². The second kappa shape index (κ2) is 11.9. The lowest BCUT2D eigenvalue weighted by Crippen LogP contribution is -2.52. The van der Waals surface area contributed by atoms with Gasteiger partial charge in [0, 0.05) is 11.1 Å². The molecule has 44 heavy (non-hydrogen) atoms. The molecule has 1 aliphatic heterocycles. The first-order valence-electron chi connectivity index (χ1n) is 14.2. The van der Waals surface area contributed by atoms with Gasteiger partial charge in [-0.05, 0) is 29.7 Å². The highest BCUT2D eigenvalue weighted by atomic mass is 31.2. The Morgan fingerprint density at radius 1 is 0.614 bits per heavy atom. The maximum Gasteiger partial charge on any atom is 0.304 e. The summed E-state index contributed by atoms with van der Waals surface area (Å²) >= 11 is 0. The molecule has 1 unspecified atom stereocenters. The van der Waals surface area contributed by atoms with Crippen molar-refractivity contribution in [2.24, 2.45) is 0 Å². The van der Waals surface area contributed by atoms with Crippen LogP contribution in [-0.2, 0) is 14.3 Å². The third-order valence-electron chi connectivity index (χ3n) is 7.73. The van der Waals surface area contributed by atoms with Gasteiger partial charge in [-0.1, -0.05) is 152 Å².